The standard InChI is InChI=1S/C19H13ClFN9O/c20-13-5-3-12(4-6-13)17-25-28-30(26-17)10-29-18-16(24-27-29)19(31)23-15(22-18)9-11-1-7-14(21)8-2-11/h1-8H,9-10H2,(H,22,23,31). The Morgan fingerprint density at radius 3 is 2.55 bits per heavy atom. The zero-order chi connectivity index (χ0) is 21.4. The van der Waals surface area contributed by atoms with Crippen molar-refractivity contribution in [1.29, 1.82) is 0 Å². The molecular formula is C19H13ClFN9O. The molecule has 12 heteroatoms. The third-order valence-electron chi connectivity index (χ3n) is 4.52. The molecule has 0 saturated heterocycles. The SMILES string of the molecule is O=c1[nH]c(Cc2ccc(F)cc2)nc2c1nnn2Cn1nnc(-c2ccc(Cl)cc2)n1. The van der Waals surface area contributed by atoms with Crippen molar-refractivity contribution >= 4 is 22.8 Å². The second kappa shape index (κ2) is 7.69. The van der Waals surface area contributed by atoms with Crippen LogP contribution in [0.4, 0.5) is 4.39 Å². The number of fused-ring (bicyclic) bond motifs is 1. The topological polar surface area (TPSA) is 120 Å². The average Bonchev–Trinajstić information content (AvgIpc) is 3.39. The number of H-pyrrole nitrogens is 1. The van der Waals surface area contributed by atoms with Gasteiger partial charge >= 0.3 is 0 Å². The van der Waals surface area contributed by atoms with Crippen LogP contribution >= 0.6 is 11.6 Å². The van der Waals surface area contributed by atoms with E-state index in [1.54, 1.807) is 36.4 Å². The third-order valence-corrected chi connectivity index (χ3v) is 4.78. The van der Waals surface area contributed by atoms with E-state index in [0.29, 0.717) is 23.1 Å². The lowest BCUT2D eigenvalue weighted by atomic mass is 10.1. The van der Waals surface area contributed by atoms with E-state index in [1.165, 1.54) is 21.6 Å². The first-order valence-electron chi connectivity index (χ1n) is 9.16. The zero-order valence-corrected chi connectivity index (χ0v) is 16.5. The van der Waals surface area contributed by atoms with Crippen LogP contribution in [0, 0.1) is 5.82 Å². The van der Waals surface area contributed by atoms with E-state index in [1.807, 2.05) is 0 Å². The van der Waals surface area contributed by atoms with Gasteiger partial charge in [-0.3, -0.25) is 4.79 Å². The van der Waals surface area contributed by atoms with E-state index in [9.17, 15) is 9.18 Å². The summed E-state index contributed by atoms with van der Waals surface area (Å²) < 4.78 is 14.5. The lowest BCUT2D eigenvalue weighted by Gasteiger charge is -2.03. The number of halogens is 2. The number of nitrogens with one attached hydrogen (secondary N) is 1. The molecule has 0 aliphatic carbocycles. The van der Waals surface area contributed by atoms with Crippen molar-refractivity contribution in [3.8, 4) is 11.4 Å². The average molecular weight is 438 g/mol. The van der Waals surface area contributed by atoms with Crippen LogP contribution in [0.1, 0.15) is 11.4 Å². The van der Waals surface area contributed by atoms with E-state index in [0.717, 1.165) is 11.1 Å². The van der Waals surface area contributed by atoms with Crippen LogP contribution in [0.2, 0.25) is 5.02 Å². The Hall–Kier alpha value is -3.99. The van der Waals surface area contributed by atoms with E-state index in [4.69, 9.17) is 11.6 Å². The molecule has 0 fully saturated rings. The lowest BCUT2D eigenvalue weighted by Crippen LogP contribution is -2.16. The summed E-state index contributed by atoms with van der Waals surface area (Å²) >= 11 is 5.91. The summed E-state index contributed by atoms with van der Waals surface area (Å²) in [6, 6.07) is 13.0. The number of hydrogen-bond donors (Lipinski definition) is 1. The second-order valence-electron chi connectivity index (χ2n) is 6.71. The Bertz CT molecular complexity index is 1420. The molecule has 0 aliphatic heterocycles. The molecule has 0 unspecified atom stereocenters. The van der Waals surface area contributed by atoms with Crippen LogP contribution in [0.5, 0.6) is 0 Å². The Kier molecular flexibility index (Phi) is 4.71. The first kappa shape index (κ1) is 19.0. The molecule has 154 valence electrons. The molecule has 0 bridgehead atoms. The van der Waals surface area contributed by atoms with Gasteiger partial charge in [0, 0.05) is 17.0 Å². The lowest BCUT2D eigenvalue weighted by molar-refractivity contribution is 0.442. The summed E-state index contributed by atoms with van der Waals surface area (Å²) in [4.78, 5) is 20.9. The molecule has 2 aromatic carbocycles. The number of hydrogen-bond acceptors (Lipinski definition) is 7. The molecular weight excluding hydrogens is 425 g/mol. The molecule has 0 spiro atoms. The molecule has 31 heavy (non-hydrogen) atoms. The van der Waals surface area contributed by atoms with Crippen LogP contribution in [0.3, 0.4) is 0 Å². The van der Waals surface area contributed by atoms with Crippen LogP contribution in [0.15, 0.2) is 53.3 Å². The largest absolute Gasteiger partial charge is 0.308 e. The number of rotatable bonds is 5. The van der Waals surface area contributed by atoms with Gasteiger partial charge in [-0.15, -0.1) is 20.1 Å². The highest BCUT2D eigenvalue weighted by molar-refractivity contribution is 6.30. The van der Waals surface area contributed by atoms with Gasteiger partial charge in [-0.05, 0) is 47.2 Å². The maximum atomic E-state index is 13.1. The molecule has 3 heterocycles. The maximum absolute atomic E-state index is 13.1. The minimum Gasteiger partial charge on any atom is -0.308 e. The number of aromatic amines is 1. The monoisotopic (exact) mass is 437 g/mol. The van der Waals surface area contributed by atoms with Gasteiger partial charge in [-0.2, -0.15) is 0 Å². The predicted octanol–water partition coefficient (Wildman–Crippen LogP) is 2.06. The normalized spacial score (nSPS) is 11.3. The summed E-state index contributed by atoms with van der Waals surface area (Å²) in [7, 11) is 0. The molecule has 3 aromatic heterocycles. The fourth-order valence-electron chi connectivity index (χ4n) is 3.02. The Morgan fingerprint density at radius 1 is 1.00 bits per heavy atom. The molecule has 5 rings (SSSR count). The number of tetrazole rings is 1. The first-order chi connectivity index (χ1) is 15.0. The van der Waals surface area contributed by atoms with Gasteiger partial charge in [0.15, 0.2) is 17.8 Å². The molecule has 10 nitrogen and oxygen atoms in total. The summed E-state index contributed by atoms with van der Waals surface area (Å²) in [6.45, 7) is 0.0591. The van der Waals surface area contributed by atoms with Crippen LogP contribution < -0.4 is 5.56 Å². The van der Waals surface area contributed by atoms with Crippen molar-refractivity contribution in [2.24, 2.45) is 0 Å². The Balaban J connectivity index is 1.44. The van der Waals surface area contributed by atoms with Crippen molar-refractivity contribution in [2.45, 2.75) is 13.1 Å². The van der Waals surface area contributed by atoms with Crippen molar-refractivity contribution in [3.63, 3.8) is 0 Å². The quantitative estimate of drug-likeness (QED) is 0.446. The van der Waals surface area contributed by atoms with Gasteiger partial charge in [-0.1, -0.05) is 28.9 Å². The highest BCUT2D eigenvalue weighted by Gasteiger charge is 2.14. The van der Waals surface area contributed by atoms with Crippen molar-refractivity contribution in [1.82, 2.24) is 45.2 Å². The number of benzene rings is 2. The van der Waals surface area contributed by atoms with Gasteiger partial charge < -0.3 is 4.98 Å². The van der Waals surface area contributed by atoms with E-state index < -0.39 is 5.56 Å². The van der Waals surface area contributed by atoms with E-state index in [-0.39, 0.29) is 23.6 Å². The first-order valence-corrected chi connectivity index (χ1v) is 9.53. The smallest absolute Gasteiger partial charge is 0.281 e. The van der Waals surface area contributed by atoms with Gasteiger partial charge in [-0.25, -0.2) is 14.1 Å². The summed E-state index contributed by atoms with van der Waals surface area (Å²) in [5, 5.41) is 20.9. The van der Waals surface area contributed by atoms with E-state index in [2.05, 4.69) is 35.7 Å². The van der Waals surface area contributed by atoms with Crippen molar-refractivity contribution in [2.75, 3.05) is 0 Å². The third kappa shape index (κ3) is 3.90. The van der Waals surface area contributed by atoms with Crippen LogP contribution in [-0.4, -0.2) is 45.2 Å². The second-order valence-corrected chi connectivity index (χ2v) is 7.15. The number of aromatic nitrogens is 9. The van der Waals surface area contributed by atoms with Crippen molar-refractivity contribution < 1.29 is 4.39 Å². The molecule has 1 N–H and O–H groups in total. The van der Waals surface area contributed by atoms with Gasteiger partial charge in [0.1, 0.15) is 11.6 Å². The summed E-state index contributed by atoms with van der Waals surface area (Å²) in [5.74, 6) is 0.492. The number of nitrogens with zero attached hydrogens (tertiary/aromatic N) is 8. The summed E-state index contributed by atoms with van der Waals surface area (Å²) in [5.41, 5.74) is 1.53. The fraction of sp³-hybridized carbons (Fsp3) is 0.105. The maximum Gasteiger partial charge on any atom is 0.281 e. The highest BCUT2D eigenvalue weighted by atomic mass is 35.5. The fourth-order valence-corrected chi connectivity index (χ4v) is 3.15. The molecule has 0 amide bonds. The van der Waals surface area contributed by atoms with Gasteiger partial charge in [0.25, 0.3) is 5.56 Å². The highest BCUT2D eigenvalue weighted by Crippen LogP contribution is 2.17. The van der Waals surface area contributed by atoms with Gasteiger partial charge in [0.2, 0.25) is 5.82 Å². The van der Waals surface area contributed by atoms with Crippen LogP contribution in [0.25, 0.3) is 22.6 Å². The minimum absolute atomic E-state index is 0.0591. The molecule has 0 aliphatic rings. The van der Waals surface area contributed by atoms with E-state index >= 15 is 0 Å². The molecule has 0 saturated carbocycles. The molecule has 0 radical (unpaired) electrons. The van der Waals surface area contributed by atoms with Crippen LogP contribution in [-0.2, 0) is 13.1 Å². The van der Waals surface area contributed by atoms with Crippen molar-refractivity contribution in [3.05, 3.63) is 81.1 Å². The zero-order valence-electron chi connectivity index (χ0n) is 15.8. The Labute approximate surface area is 178 Å². The Morgan fingerprint density at radius 2 is 1.77 bits per heavy atom. The van der Waals surface area contributed by atoms with Gasteiger partial charge in [0.05, 0.1) is 0 Å². The molecule has 5 aromatic rings. The summed E-state index contributed by atoms with van der Waals surface area (Å²) in [6.07, 6.45) is 0.318. The minimum atomic E-state index is -0.415. The predicted molar refractivity (Wildman–Crippen MR) is 109 cm³/mol. The molecule has 0 atom stereocenters.